The number of nitrogens with one attached hydrogen (secondary N) is 1. The summed E-state index contributed by atoms with van der Waals surface area (Å²) in [7, 11) is 0. The summed E-state index contributed by atoms with van der Waals surface area (Å²) in [6.07, 6.45) is -0.751. The maximum Gasteiger partial charge on any atom is 0.434 e. The number of thiazole rings is 1. The fourth-order valence-electron chi connectivity index (χ4n) is 1.67. The van der Waals surface area contributed by atoms with E-state index in [-0.39, 0.29) is 12.5 Å². The Bertz CT molecular complexity index is 451. The summed E-state index contributed by atoms with van der Waals surface area (Å²) in [6, 6.07) is 0. The van der Waals surface area contributed by atoms with E-state index in [0.717, 1.165) is 23.3 Å². The molecule has 8 heteroatoms. The molecule has 0 aromatic carbocycles. The number of rotatable bonds is 4. The van der Waals surface area contributed by atoms with Gasteiger partial charge in [0, 0.05) is 11.9 Å². The van der Waals surface area contributed by atoms with Crippen molar-refractivity contribution in [2.75, 3.05) is 6.54 Å². The van der Waals surface area contributed by atoms with E-state index in [0.29, 0.717) is 10.9 Å². The Hall–Kier alpha value is -1.31. The van der Waals surface area contributed by atoms with Crippen molar-refractivity contribution in [3.8, 4) is 0 Å². The molecule has 1 aromatic heterocycles. The minimum Gasteiger partial charge on any atom is -0.370 e. The highest BCUT2D eigenvalue weighted by atomic mass is 32.1. The zero-order chi connectivity index (χ0) is 13.9. The summed E-state index contributed by atoms with van der Waals surface area (Å²) >= 11 is 0.937. The van der Waals surface area contributed by atoms with Gasteiger partial charge in [0.2, 0.25) is 0 Å². The fraction of sp³-hybridized carbons (Fsp3) is 0.636. The van der Waals surface area contributed by atoms with Gasteiger partial charge in [-0.2, -0.15) is 13.2 Å². The zero-order valence-corrected chi connectivity index (χ0v) is 11.0. The Labute approximate surface area is 112 Å². The first kappa shape index (κ1) is 14.1. The van der Waals surface area contributed by atoms with Crippen LogP contribution in [0.15, 0.2) is 10.4 Å². The molecule has 3 N–H and O–H groups in total. The van der Waals surface area contributed by atoms with E-state index in [4.69, 9.17) is 5.73 Å². The molecule has 1 saturated carbocycles. The van der Waals surface area contributed by atoms with Crippen LogP contribution < -0.4 is 11.1 Å². The molecule has 0 amide bonds. The van der Waals surface area contributed by atoms with Crippen LogP contribution in [0.4, 0.5) is 13.2 Å². The lowest BCUT2D eigenvalue weighted by atomic mass is 9.85. The smallest absolute Gasteiger partial charge is 0.370 e. The summed E-state index contributed by atoms with van der Waals surface area (Å²) in [5.74, 6) is 0.904. The molecule has 1 aliphatic rings. The van der Waals surface area contributed by atoms with Crippen molar-refractivity contribution in [3.63, 3.8) is 0 Å². The van der Waals surface area contributed by atoms with Gasteiger partial charge in [-0.3, -0.25) is 0 Å². The van der Waals surface area contributed by atoms with E-state index in [1.165, 1.54) is 19.3 Å². The van der Waals surface area contributed by atoms with Crippen LogP contribution in [0.2, 0.25) is 0 Å². The Kier molecular flexibility index (Phi) is 4.28. The summed E-state index contributed by atoms with van der Waals surface area (Å²) in [6.45, 7) is 0.852. The third-order valence-corrected chi connectivity index (χ3v) is 3.86. The van der Waals surface area contributed by atoms with Gasteiger partial charge in [0.1, 0.15) is 5.01 Å². The van der Waals surface area contributed by atoms with Gasteiger partial charge >= 0.3 is 6.18 Å². The monoisotopic (exact) mass is 292 g/mol. The van der Waals surface area contributed by atoms with Crippen LogP contribution in [-0.2, 0) is 12.7 Å². The number of aliphatic imine (C=N–C) groups is 1. The molecule has 0 saturated heterocycles. The van der Waals surface area contributed by atoms with Crippen LogP contribution in [0, 0.1) is 5.92 Å². The number of halogens is 3. The molecule has 2 rings (SSSR count). The lowest BCUT2D eigenvalue weighted by Gasteiger charge is -2.25. The molecular formula is C11H15F3N4S. The van der Waals surface area contributed by atoms with E-state index >= 15 is 0 Å². The lowest BCUT2D eigenvalue weighted by Crippen LogP contribution is -2.37. The zero-order valence-electron chi connectivity index (χ0n) is 10.2. The van der Waals surface area contributed by atoms with Crippen LogP contribution in [0.25, 0.3) is 0 Å². The second-order valence-corrected chi connectivity index (χ2v) is 5.45. The maximum atomic E-state index is 12.3. The number of nitrogens with two attached hydrogens (primary N) is 1. The number of hydrogen-bond donors (Lipinski definition) is 2. The topological polar surface area (TPSA) is 63.3 Å². The van der Waals surface area contributed by atoms with Crippen LogP contribution in [0.5, 0.6) is 0 Å². The van der Waals surface area contributed by atoms with E-state index in [1.807, 2.05) is 0 Å². The molecule has 0 atom stereocenters. The Morgan fingerprint density at radius 1 is 1.53 bits per heavy atom. The van der Waals surface area contributed by atoms with Gasteiger partial charge in [-0.05, 0) is 18.8 Å². The van der Waals surface area contributed by atoms with Gasteiger partial charge in [0.15, 0.2) is 11.7 Å². The highest BCUT2D eigenvalue weighted by Crippen LogP contribution is 2.30. The Morgan fingerprint density at radius 2 is 2.26 bits per heavy atom. The molecule has 1 fully saturated rings. The van der Waals surface area contributed by atoms with Crippen molar-refractivity contribution in [1.29, 1.82) is 0 Å². The van der Waals surface area contributed by atoms with Crippen LogP contribution in [0.1, 0.15) is 30.0 Å². The first-order chi connectivity index (χ1) is 8.95. The summed E-state index contributed by atoms with van der Waals surface area (Å²) in [4.78, 5) is 7.46. The van der Waals surface area contributed by atoms with Crippen LogP contribution in [-0.4, -0.2) is 17.5 Å². The van der Waals surface area contributed by atoms with E-state index in [9.17, 15) is 13.2 Å². The molecule has 1 heterocycles. The lowest BCUT2D eigenvalue weighted by molar-refractivity contribution is -0.140. The average molecular weight is 292 g/mol. The van der Waals surface area contributed by atoms with Gasteiger partial charge in [0.25, 0.3) is 0 Å². The molecule has 4 nitrogen and oxygen atoms in total. The van der Waals surface area contributed by atoms with Crippen molar-refractivity contribution in [2.24, 2.45) is 16.6 Å². The molecule has 1 aromatic rings. The third-order valence-electron chi connectivity index (χ3n) is 3.02. The van der Waals surface area contributed by atoms with Gasteiger partial charge in [-0.15, -0.1) is 11.3 Å². The number of aromatic nitrogens is 1. The third kappa shape index (κ3) is 4.09. The standard InChI is InChI=1S/C11H15F3N4S/c12-11(13,14)8-6-19-9(18-8)5-17-10(15)16-4-7-2-1-3-7/h6-7H,1-5H2,(H3,15,16,17). The first-order valence-electron chi connectivity index (χ1n) is 6.00. The maximum absolute atomic E-state index is 12.3. The number of guanidine groups is 1. The van der Waals surface area contributed by atoms with Gasteiger partial charge in [-0.1, -0.05) is 6.42 Å². The van der Waals surface area contributed by atoms with Crippen molar-refractivity contribution in [2.45, 2.75) is 32.0 Å². The van der Waals surface area contributed by atoms with Crippen molar-refractivity contribution in [1.82, 2.24) is 10.3 Å². The van der Waals surface area contributed by atoms with Crippen molar-refractivity contribution < 1.29 is 13.2 Å². The molecule has 0 aliphatic heterocycles. The molecule has 0 radical (unpaired) electrons. The SMILES string of the molecule is NC(=NCc1nc(C(F)(F)F)cs1)NCC1CCC1. The molecule has 0 bridgehead atoms. The number of alkyl halides is 3. The number of hydrogen-bond acceptors (Lipinski definition) is 3. The molecular weight excluding hydrogens is 277 g/mol. The largest absolute Gasteiger partial charge is 0.434 e. The Balaban J connectivity index is 1.81. The summed E-state index contributed by atoms with van der Waals surface area (Å²) < 4.78 is 37.0. The Morgan fingerprint density at radius 3 is 2.79 bits per heavy atom. The highest BCUT2D eigenvalue weighted by Gasteiger charge is 2.33. The van der Waals surface area contributed by atoms with Crippen molar-refractivity contribution in [3.05, 3.63) is 16.1 Å². The van der Waals surface area contributed by atoms with E-state index < -0.39 is 11.9 Å². The minimum absolute atomic E-state index is 0.0737. The molecule has 0 spiro atoms. The number of nitrogens with zero attached hydrogens (tertiary/aromatic N) is 2. The predicted molar refractivity (Wildman–Crippen MR) is 67.8 cm³/mol. The minimum atomic E-state index is -4.40. The van der Waals surface area contributed by atoms with E-state index in [2.05, 4.69) is 15.3 Å². The summed E-state index contributed by atoms with van der Waals surface area (Å²) in [5, 5.41) is 4.27. The van der Waals surface area contributed by atoms with Crippen LogP contribution in [0.3, 0.4) is 0 Å². The molecule has 106 valence electrons. The first-order valence-corrected chi connectivity index (χ1v) is 6.88. The molecule has 19 heavy (non-hydrogen) atoms. The van der Waals surface area contributed by atoms with Gasteiger partial charge < -0.3 is 11.1 Å². The normalized spacial score (nSPS) is 17.3. The highest BCUT2D eigenvalue weighted by molar-refractivity contribution is 7.09. The molecule has 0 unspecified atom stereocenters. The molecule has 1 aliphatic carbocycles. The van der Waals surface area contributed by atoms with Gasteiger partial charge in [0.05, 0.1) is 6.54 Å². The second-order valence-electron chi connectivity index (χ2n) is 4.50. The fourth-order valence-corrected chi connectivity index (χ4v) is 2.39. The van der Waals surface area contributed by atoms with Crippen molar-refractivity contribution >= 4 is 17.3 Å². The quantitative estimate of drug-likeness (QED) is 0.661. The summed E-state index contributed by atoms with van der Waals surface area (Å²) in [5.41, 5.74) is 4.76. The van der Waals surface area contributed by atoms with E-state index in [1.54, 1.807) is 0 Å². The second kappa shape index (κ2) is 5.77. The van der Waals surface area contributed by atoms with Crippen LogP contribution >= 0.6 is 11.3 Å². The predicted octanol–water partition coefficient (Wildman–Crippen LogP) is 2.37. The average Bonchev–Trinajstić information content (AvgIpc) is 2.72. The van der Waals surface area contributed by atoms with Gasteiger partial charge in [-0.25, -0.2) is 9.98 Å².